The van der Waals surface area contributed by atoms with Crippen molar-refractivity contribution in [3.8, 4) is 12.1 Å². The number of hydrogen-bond acceptors (Lipinski definition) is 4. The third-order valence-electron chi connectivity index (χ3n) is 2.02. The highest BCUT2D eigenvalue weighted by Gasteiger charge is 2.33. The highest BCUT2D eigenvalue weighted by atomic mass is 32.2. The first-order valence-corrected chi connectivity index (χ1v) is 5.41. The van der Waals surface area contributed by atoms with E-state index in [-0.39, 0.29) is 17.4 Å². The summed E-state index contributed by atoms with van der Waals surface area (Å²) >= 11 is 0. The average molecular weight is 184 g/mol. The molecule has 0 aromatic heterocycles. The summed E-state index contributed by atoms with van der Waals surface area (Å²) in [6.45, 7) is 0. The molecule has 0 unspecified atom stereocenters. The summed E-state index contributed by atoms with van der Waals surface area (Å²) in [5, 5.41) is 17.0. The minimum Gasteiger partial charge on any atom is -0.229 e. The first-order chi connectivity index (χ1) is 5.59. The van der Waals surface area contributed by atoms with Crippen molar-refractivity contribution in [2.45, 2.75) is 6.42 Å². The van der Waals surface area contributed by atoms with Crippen LogP contribution in [0.5, 0.6) is 0 Å². The number of nitrogens with zero attached hydrogens (tertiary/aromatic N) is 2. The molecule has 0 aliphatic carbocycles. The van der Waals surface area contributed by atoms with Gasteiger partial charge in [-0.1, -0.05) is 0 Å². The van der Waals surface area contributed by atoms with E-state index in [1.54, 1.807) is 12.1 Å². The molecule has 1 atom stereocenters. The smallest absolute Gasteiger partial charge is 0.150 e. The molecule has 1 fully saturated rings. The zero-order valence-corrected chi connectivity index (χ0v) is 7.21. The number of hydrogen-bond donors (Lipinski definition) is 0. The number of rotatable bonds is 1. The van der Waals surface area contributed by atoms with Crippen molar-refractivity contribution in [3.05, 3.63) is 0 Å². The molecular formula is C7H8N2O2S. The van der Waals surface area contributed by atoms with E-state index in [1.807, 2.05) is 0 Å². The molecule has 1 rings (SSSR count). The van der Waals surface area contributed by atoms with Gasteiger partial charge in [-0.3, -0.25) is 0 Å². The van der Waals surface area contributed by atoms with Crippen LogP contribution < -0.4 is 0 Å². The lowest BCUT2D eigenvalue weighted by atomic mass is 9.95. The molecule has 5 heteroatoms. The summed E-state index contributed by atoms with van der Waals surface area (Å²) in [5.74, 6) is -0.914. The second-order valence-electron chi connectivity index (χ2n) is 2.90. The Morgan fingerprint density at radius 1 is 1.33 bits per heavy atom. The molecule has 0 amide bonds. The molecule has 1 saturated heterocycles. The highest BCUT2D eigenvalue weighted by molar-refractivity contribution is 7.91. The topological polar surface area (TPSA) is 81.7 Å². The molecule has 0 aromatic rings. The van der Waals surface area contributed by atoms with Gasteiger partial charge in [0.05, 0.1) is 23.6 Å². The van der Waals surface area contributed by atoms with Gasteiger partial charge in [0.15, 0.2) is 9.84 Å². The molecule has 0 N–H and O–H groups in total. The third-order valence-corrected chi connectivity index (χ3v) is 3.81. The molecule has 0 radical (unpaired) electrons. The molecule has 0 saturated carbocycles. The van der Waals surface area contributed by atoms with Gasteiger partial charge < -0.3 is 0 Å². The first kappa shape index (κ1) is 9.02. The Bertz CT molecular complexity index is 333. The van der Waals surface area contributed by atoms with E-state index in [0.717, 1.165) is 0 Å². The lowest BCUT2D eigenvalue weighted by Crippen LogP contribution is -2.12. The maximum absolute atomic E-state index is 11.0. The molecular weight excluding hydrogens is 176 g/mol. The van der Waals surface area contributed by atoms with Crippen LogP contribution in [0.3, 0.4) is 0 Å². The minimum atomic E-state index is -2.96. The van der Waals surface area contributed by atoms with Gasteiger partial charge in [-0.25, -0.2) is 8.42 Å². The summed E-state index contributed by atoms with van der Waals surface area (Å²) in [6.07, 6.45) is 0.453. The molecule has 0 aromatic carbocycles. The molecule has 0 bridgehead atoms. The van der Waals surface area contributed by atoms with Crippen molar-refractivity contribution in [2.24, 2.45) is 11.8 Å². The molecule has 1 heterocycles. The monoisotopic (exact) mass is 184 g/mol. The third kappa shape index (κ3) is 1.75. The van der Waals surface area contributed by atoms with Gasteiger partial charge >= 0.3 is 0 Å². The summed E-state index contributed by atoms with van der Waals surface area (Å²) < 4.78 is 21.9. The predicted molar refractivity (Wildman–Crippen MR) is 41.5 cm³/mol. The summed E-state index contributed by atoms with van der Waals surface area (Å²) in [4.78, 5) is 0. The Kier molecular flexibility index (Phi) is 2.35. The van der Waals surface area contributed by atoms with Gasteiger partial charge in [0.1, 0.15) is 5.92 Å². The van der Waals surface area contributed by atoms with Crippen molar-refractivity contribution in [1.29, 1.82) is 10.5 Å². The molecule has 0 spiro atoms. The van der Waals surface area contributed by atoms with E-state index in [4.69, 9.17) is 10.5 Å². The van der Waals surface area contributed by atoms with Crippen molar-refractivity contribution < 1.29 is 8.42 Å². The van der Waals surface area contributed by atoms with E-state index in [9.17, 15) is 8.42 Å². The summed E-state index contributed by atoms with van der Waals surface area (Å²) in [7, 11) is -2.96. The van der Waals surface area contributed by atoms with Gasteiger partial charge in [-0.2, -0.15) is 10.5 Å². The van der Waals surface area contributed by atoms with Crippen LogP contribution in [-0.4, -0.2) is 19.9 Å². The first-order valence-electron chi connectivity index (χ1n) is 3.59. The zero-order valence-electron chi connectivity index (χ0n) is 6.40. The molecule has 64 valence electrons. The van der Waals surface area contributed by atoms with Crippen LogP contribution >= 0.6 is 0 Å². The largest absolute Gasteiger partial charge is 0.229 e. The van der Waals surface area contributed by atoms with Gasteiger partial charge in [-0.05, 0) is 6.42 Å². The Labute approximate surface area is 71.3 Å². The van der Waals surface area contributed by atoms with Gasteiger partial charge in [-0.15, -0.1) is 0 Å². The number of sulfone groups is 1. The average Bonchev–Trinajstić information content (AvgIpc) is 2.34. The van der Waals surface area contributed by atoms with E-state index >= 15 is 0 Å². The normalized spacial score (nSPS) is 26.4. The molecule has 1 aliphatic heterocycles. The lowest BCUT2D eigenvalue weighted by Gasteiger charge is -2.04. The van der Waals surface area contributed by atoms with E-state index < -0.39 is 15.8 Å². The highest BCUT2D eigenvalue weighted by Crippen LogP contribution is 2.24. The van der Waals surface area contributed by atoms with Crippen LogP contribution in [0.4, 0.5) is 0 Å². The van der Waals surface area contributed by atoms with Crippen molar-refractivity contribution >= 4 is 9.84 Å². The van der Waals surface area contributed by atoms with Gasteiger partial charge in [0, 0.05) is 5.92 Å². The Hall–Kier alpha value is -1.07. The fourth-order valence-corrected chi connectivity index (χ4v) is 3.17. The Balaban J connectivity index is 2.73. The van der Waals surface area contributed by atoms with Crippen LogP contribution in [0.2, 0.25) is 0 Å². The van der Waals surface area contributed by atoms with E-state index in [2.05, 4.69) is 0 Å². The second kappa shape index (κ2) is 3.12. The van der Waals surface area contributed by atoms with Crippen LogP contribution in [0.1, 0.15) is 6.42 Å². The summed E-state index contributed by atoms with van der Waals surface area (Å²) in [6, 6.07) is 3.61. The zero-order chi connectivity index (χ0) is 9.19. The van der Waals surface area contributed by atoms with Crippen molar-refractivity contribution in [3.63, 3.8) is 0 Å². The van der Waals surface area contributed by atoms with Crippen molar-refractivity contribution in [1.82, 2.24) is 0 Å². The maximum Gasteiger partial charge on any atom is 0.150 e. The molecule has 4 nitrogen and oxygen atoms in total. The fourth-order valence-electron chi connectivity index (χ4n) is 1.33. The van der Waals surface area contributed by atoms with E-state index in [0.29, 0.717) is 6.42 Å². The van der Waals surface area contributed by atoms with Gasteiger partial charge in [0.25, 0.3) is 0 Å². The lowest BCUT2D eigenvalue weighted by molar-refractivity contribution is 0.526. The van der Waals surface area contributed by atoms with Crippen LogP contribution in [-0.2, 0) is 9.84 Å². The maximum atomic E-state index is 11.0. The molecule has 12 heavy (non-hydrogen) atoms. The van der Waals surface area contributed by atoms with E-state index in [1.165, 1.54) is 0 Å². The predicted octanol–water partition coefficient (Wildman–Crippen LogP) is 0.0845. The van der Waals surface area contributed by atoms with Gasteiger partial charge in [0.2, 0.25) is 0 Å². The minimum absolute atomic E-state index is 0.00120. The van der Waals surface area contributed by atoms with Crippen LogP contribution in [0.25, 0.3) is 0 Å². The SMILES string of the molecule is N#CC(C#N)[C@@H]1CCS(=O)(=O)C1. The molecule has 1 aliphatic rings. The fraction of sp³-hybridized carbons (Fsp3) is 0.714. The second-order valence-corrected chi connectivity index (χ2v) is 5.13. The Morgan fingerprint density at radius 3 is 2.25 bits per heavy atom. The quantitative estimate of drug-likeness (QED) is 0.578. The standard InChI is InChI=1S/C7H8N2O2S/c8-3-7(4-9)6-1-2-12(10,11)5-6/h6-7H,1-2,5H2/t6-/m1/s1. The Morgan fingerprint density at radius 2 is 1.92 bits per heavy atom. The van der Waals surface area contributed by atoms with Crippen LogP contribution in [0, 0.1) is 34.5 Å². The van der Waals surface area contributed by atoms with Crippen LogP contribution in [0.15, 0.2) is 0 Å². The number of nitriles is 2. The summed E-state index contributed by atoms with van der Waals surface area (Å²) in [5.41, 5.74) is 0. The van der Waals surface area contributed by atoms with Crippen molar-refractivity contribution in [2.75, 3.05) is 11.5 Å².